The summed E-state index contributed by atoms with van der Waals surface area (Å²) in [4.78, 5) is 11.3. The Hall–Kier alpha value is -2.11. The SMILES string of the molecule is CC1=NCC(c2nc3c(C(F)(F)F)cc(C)cc3[nH]2)=C1. The Morgan fingerprint density at radius 2 is 1.95 bits per heavy atom. The Morgan fingerprint density at radius 3 is 2.55 bits per heavy atom. The minimum absolute atomic E-state index is 0.0384. The fourth-order valence-electron chi connectivity index (χ4n) is 2.33. The van der Waals surface area contributed by atoms with Gasteiger partial charge in [-0.25, -0.2) is 4.98 Å². The zero-order valence-corrected chi connectivity index (χ0v) is 11.0. The number of hydrogen-bond donors (Lipinski definition) is 1. The smallest absolute Gasteiger partial charge is 0.338 e. The lowest BCUT2D eigenvalue weighted by molar-refractivity contribution is -0.136. The Labute approximate surface area is 113 Å². The summed E-state index contributed by atoms with van der Waals surface area (Å²) in [6.07, 6.45) is -2.58. The average Bonchev–Trinajstić information content (AvgIpc) is 2.92. The van der Waals surface area contributed by atoms with Crippen molar-refractivity contribution in [1.29, 1.82) is 0 Å². The van der Waals surface area contributed by atoms with Crippen molar-refractivity contribution in [2.75, 3.05) is 6.54 Å². The summed E-state index contributed by atoms with van der Waals surface area (Å²) in [6, 6.07) is 2.79. The third-order valence-electron chi connectivity index (χ3n) is 3.22. The predicted octanol–water partition coefficient (Wildman–Crippen LogP) is 3.75. The number of aromatic amines is 1. The Kier molecular flexibility index (Phi) is 2.70. The molecule has 3 rings (SSSR count). The van der Waals surface area contributed by atoms with Gasteiger partial charge in [0.05, 0.1) is 17.6 Å². The molecule has 0 amide bonds. The van der Waals surface area contributed by atoms with E-state index < -0.39 is 11.7 Å². The van der Waals surface area contributed by atoms with Crippen LogP contribution in [0.2, 0.25) is 0 Å². The molecule has 1 aliphatic heterocycles. The fraction of sp³-hybridized carbons (Fsp3) is 0.286. The van der Waals surface area contributed by atoms with Gasteiger partial charge < -0.3 is 4.98 Å². The van der Waals surface area contributed by atoms with Gasteiger partial charge in [-0.05, 0) is 37.6 Å². The third-order valence-corrected chi connectivity index (χ3v) is 3.22. The Bertz CT molecular complexity index is 751. The number of alkyl halides is 3. The number of nitrogens with one attached hydrogen (secondary N) is 1. The molecule has 0 fully saturated rings. The van der Waals surface area contributed by atoms with Crippen molar-refractivity contribution in [3.05, 3.63) is 35.2 Å². The number of fused-ring (bicyclic) bond motifs is 1. The molecule has 0 bridgehead atoms. The zero-order valence-electron chi connectivity index (χ0n) is 11.0. The van der Waals surface area contributed by atoms with Gasteiger partial charge in [-0.2, -0.15) is 13.2 Å². The van der Waals surface area contributed by atoms with Gasteiger partial charge >= 0.3 is 6.18 Å². The van der Waals surface area contributed by atoms with Gasteiger partial charge in [0.15, 0.2) is 0 Å². The van der Waals surface area contributed by atoms with Crippen molar-refractivity contribution in [2.24, 2.45) is 4.99 Å². The number of aromatic nitrogens is 2. The highest BCUT2D eigenvalue weighted by Gasteiger charge is 2.34. The van der Waals surface area contributed by atoms with Crippen LogP contribution >= 0.6 is 0 Å². The second kappa shape index (κ2) is 4.19. The van der Waals surface area contributed by atoms with Crippen LogP contribution < -0.4 is 0 Å². The highest BCUT2D eigenvalue weighted by atomic mass is 19.4. The van der Waals surface area contributed by atoms with Crippen molar-refractivity contribution in [3.8, 4) is 0 Å². The number of nitrogens with zero attached hydrogens (tertiary/aromatic N) is 2. The molecule has 0 atom stereocenters. The molecule has 1 aromatic carbocycles. The van der Waals surface area contributed by atoms with E-state index >= 15 is 0 Å². The average molecular weight is 279 g/mol. The first-order chi connectivity index (χ1) is 9.34. The summed E-state index contributed by atoms with van der Waals surface area (Å²) in [7, 11) is 0. The molecule has 0 unspecified atom stereocenters. The maximum Gasteiger partial charge on any atom is 0.418 e. The van der Waals surface area contributed by atoms with Gasteiger partial charge in [-0.1, -0.05) is 0 Å². The van der Waals surface area contributed by atoms with Crippen LogP contribution in [0.15, 0.2) is 23.2 Å². The molecule has 2 heterocycles. The largest absolute Gasteiger partial charge is 0.418 e. The van der Waals surface area contributed by atoms with Crippen molar-refractivity contribution < 1.29 is 13.2 Å². The number of allylic oxidation sites excluding steroid dienone is 1. The summed E-state index contributed by atoms with van der Waals surface area (Å²) >= 11 is 0. The summed E-state index contributed by atoms with van der Waals surface area (Å²) in [5, 5.41) is 0. The van der Waals surface area contributed by atoms with Crippen LogP contribution in [0, 0.1) is 6.92 Å². The van der Waals surface area contributed by atoms with Crippen molar-refractivity contribution in [2.45, 2.75) is 20.0 Å². The van der Waals surface area contributed by atoms with Crippen molar-refractivity contribution in [3.63, 3.8) is 0 Å². The molecule has 0 saturated heterocycles. The summed E-state index contributed by atoms with van der Waals surface area (Å²) in [6.45, 7) is 3.93. The summed E-state index contributed by atoms with van der Waals surface area (Å²) < 4.78 is 39.2. The highest BCUT2D eigenvalue weighted by molar-refractivity contribution is 6.03. The lowest BCUT2D eigenvalue weighted by Crippen LogP contribution is -2.06. The number of imidazole rings is 1. The van der Waals surface area contributed by atoms with Crippen molar-refractivity contribution in [1.82, 2.24) is 9.97 Å². The first kappa shape index (κ1) is 12.9. The van der Waals surface area contributed by atoms with E-state index in [1.54, 1.807) is 13.0 Å². The number of H-pyrrole nitrogens is 1. The number of hydrogen-bond acceptors (Lipinski definition) is 2. The topological polar surface area (TPSA) is 41.0 Å². The van der Waals surface area contributed by atoms with E-state index in [1.807, 2.05) is 13.0 Å². The Balaban J connectivity index is 2.19. The van der Waals surface area contributed by atoms with Crippen LogP contribution in [-0.2, 0) is 6.18 Å². The van der Waals surface area contributed by atoms with Gasteiger partial charge in [0.2, 0.25) is 0 Å². The summed E-state index contributed by atoms with van der Waals surface area (Å²) in [5.74, 6) is 0.455. The van der Waals surface area contributed by atoms with E-state index in [-0.39, 0.29) is 5.52 Å². The van der Waals surface area contributed by atoms with E-state index in [0.29, 0.717) is 23.4 Å². The Morgan fingerprint density at radius 1 is 1.20 bits per heavy atom. The maximum absolute atomic E-state index is 13.1. The van der Waals surface area contributed by atoms with Crippen LogP contribution in [0.3, 0.4) is 0 Å². The molecule has 1 N–H and O–H groups in total. The molecule has 104 valence electrons. The first-order valence-corrected chi connectivity index (χ1v) is 6.14. The van der Waals surface area contributed by atoms with E-state index in [2.05, 4.69) is 15.0 Å². The quantitative estimate of drug-likeness (QED) is 0.848. The standard InChI is InChI=1S/C14H12F3N3/c1-7-3-10(14(15,16)17)12-11(4-7)19-13(20-12)9-5-8(2)18-6-9/h3-5H,6H2,1-2H3,(H,19,20). The molecule has 3 nitrogen and oxygen atoms in total. The van der Waals surface area contributed by atoms with Crippen LogP contribution in [0.1, 0.15) is 23.9 Å². The minimum Gasteiger partial charge on any atom is -0.338 e. The van der Waals surface area contributed by atoms with Gasteiger partial charge in [0.1, 0.15) is 11.3 Å². The molecule has 0 spiro atoms. The van der Waals surface area contributed by atoms with Crippen LogP contribution in [0.5, 0.6) is 0 Å². The van der Waals surface area contributed by atoms with Crippen LogP contribution in [-0.4, -0.2) is 22.2 Å². The van der Waals surface area contributed by atoms with Crippen molar-refractivity contribution >= 4 is 22.3 Å². The highest BCUT2D eigenvalue weighted by Crippen LogP contribution is 2.35. The maximum atomic E-state index is 13.1. The van der Waals surface area contributed by atoms with Gasteiger partial charge in [0, 0.05) is 11.3 Å². The molecular weight excluding hydrogens is 267 g/mol. The predicted molar refractivity (Wildman–Crippen MR) is 71.8 cm³/mol. The van der Waals surface area contributed by atoms with Crippen LogP contribution in [0.25, 0.3) is 16.6 Å². The molecule has 2 aromatic rings. The zero-order chi connectivity index (χ0) is 14.5. The molecule has 0 saturated carbocycles. The molecular formula is C14H12F3N3. The second-order valence-corrected chi connectivity index (χ2v) is 4.92. The lowest BCUT2D eigenvalue weighted by Gasteiger charge is -2.07. The number of halogens is 3. The molecule has 0 radical (unpaired) electrons. The van der Waals surface area contributed by atoms with Gasteiger partial charge in [-0.15, -0.1) is 0 Å². The molecule has 6 heteroatoms. The normalized spacial score (nSPS) is 15.7. The number of aryl methyl sites for hydroxylation is 1. The number of aliphatic imine (C=N–C) groups is 1. The number of rotatable bonds is 1. The molecule has 1 aliphatic rings. The van der Waals surface area contributed by atoms with Crippen LogP contribution in [0.4, 0.5) is 13.2 Å². The first-order valence-electron chi connectivity index (χ1n) is 6.14. The van der Waals surface area contributed by atoms with E-state index in [0.717, 1.165) is 17.4 Å². The van der Waals surface area contributed by atoms with E-state index in [9.17, 15) is 13.2 Å². The van der Waals surface area contributed by atoms with E-state index in [1.165, 1.54) is 0 Å². The summed E-state index contributed by atoms with van der Waals surface area (Å²) in [5.41, 5.74) is 1.87. The fourth-order valence-corrected chi connectivity index (χ4v) is 2.33. The van der Waals surface area contributed by atoms with Gasteiger partial charge in [0.25, 0.3) is 0 Å². The third kappa shape index (κ3) is 2.11. The van der Waals surface area contributed by atoms with Gasteiger partial charge in [-0.3, -0.25) is 4.99 Å². The monoisotopic (exact) mass is 279 g/mol. The molecule has 1 aromatic heterocycles. The second-order valence-electron chi connectivity index (χ2n) is 4.92. The van der Waals surface area contributed by atoms with E-state index in [4.69, 9.17) is 0 Å². The lowest BCUT2D eigenvalue weighted by atomic mass is 10.1. The molecule has 0 aliphatic carbocycles. The molecule has 20 heavy (non-hydrogen) atoms. The number of benzene rings is 1. The minimum atomic E-state index is -4.41.